The van der Waals surface area contributed by atoms with Crippen molar-refractivity contribution in [1.82, 2.24) is 4.98 Å². The molecule has 1 aromatic heterocycles. The second-order valence-electron chi connectivity index (χ2n) is 2.91. The lowest BCUT2D eigenvalue weighted by molar-refractivity contribution is 0.968. The van der Waals surface area contributed by atoms with Crippen molar-refractivity contribution in [2.75, 3.05) is 0 Å². The lowest BCUT2D eigenvalue weighted by Gasteiger charge is -2.05. The number of rotatable bonds is 2. The van der Waals surface area contributed by atoms with Crippen LogP contribution in [0.3, 0.4) is 0 Å². The highest BCUT2D eigenvalue weighted by Gasteiger charge is 2.00. The minimum absolute atomic E-state index is 0.589. The molecule has 0 fully saturated rings. The van der Waals surface area contributed by atoms with E-state index in [0.717, 1.165) is 6.42 Å². The summed E-state index contributed by atoms with van der Waals surface area (Å²) >= 11 is 0. The normalized spacial score (nSPS) is 9.42. The minimum Gasteiger partial charge on any atom is -0.264 e. The maximum atomic E-state index is 8.44. The van der Waals surface area contributed by atoms with E-state index >= 15 is 0 Å². The number of hydrogen-bond donors (Lipinski definition) is 0. The van der Waals surface area contributed by atoms with Gasteiger partial charge in [-0.2, -0.15) is 5.26 Å². The average molecular weight is 160 g/mol. The van der Waals surface area contributed by atoms with E-state index in [1.165, 1.54) is 16.7 Å². The summed E-state index contributed by atoms with van der Waals surface area (Å²) in [7, 11) is 0. The summed E-state index contributed by atoms with van der Waals surface area (Å²) in [5.41, 5.74) is 3.64. The van der Waals surface area contributed by atoms with Crippen molar-refractivity contribution in [1.29, 1.82) is 5.26 Å². The number of hydrogen-bond acceptors (Lipinski definition) is 2. The van der Waals surface area contributed by atoms with Gasteiger partial charge in [-0.1, -0.05) is 0 Å². The molecule has 1 aromatic rings. The highest BCUT2D eigenvalue weighted by Crippen LogP contribution is 2.12. The summed E-state index contributed by atoms with van der Waals surface area (Å²) in [5, 5.41) is 8.44. The van der Waals surface area contributed by atoms with E-state index in [1.54, 1.807) is 0 Å². The SMILES string of the molecule is Cc1cncc(C)c1CCC#N. The standard InChI is InChI=1S/C10H12N2/c1-8-6-12-7-9(2)10(8)4-3-5-11/h6-7H,3-4H2,1-2H3. The molecule has 0 unspecified atom stereocenters. The number of pyridine rings is 1. The molecular formula is C10H12N2. The minimum atomic E-state index is 0.589. The van der Waals surface area contributed by atoms with Gasteiger partial charge in [-0.05, 0) is 37.0 Å². The summed E-state index contributed by atoms with van der Waals surface area (Å²) in [4.78, 5) is 4.07. The zero-order valence-corrected chi connectivity index (χ0v) is 7.46. The van der Waals surface area contributed by atoms with Crippen molar-refractivity contribution in [3.63, 3.8) is 0 Å². The Morgan fingerprint density at radius 2 is 1.92 bits per heavy atom. The third-order valence-corrected chi connectivity index (χ3v) is 1.98. The van der Waals surface area contributed by atoms with E-state index in [2.05, 4.69) is 11.1 Å². The Balaban J connectivity index is 2.90. The first-order valence-electron chi connectivity index (χ1n) is 4.02. The van der Waals surface area contributed by atoms with Gasteiger partial charge >= 0.3 is 0 Å². The molecule has 0 aromatic carbocycles. The van der Waals surface area contributed by atoms with Crippen LogP contribution in [0.15, 0.2) is 12.4 Å². The van der Waals surface area contributed by atoms with Gasteiger partial charge in [0.25, 0.3) is 0 Å². The first-order valence-corrected chi connectivity index (χ1v) is 4.02. The number of nitriles is 1. The van der Waals surface area contributed by atoms with Gasteiger partial charge in [0.05, 0.1) is 6.07 Å². The predicted molar refractivity (Wildman–Crippen MR) is 47.6 cm³/mol. The highest BCUT2D eigenvalue weighted by molar-refractivity contribution is 5.30. The zero-order chi connectivity index (χ0) is 8.97. The Morgan fingerprint density at radius 3 is 2.42 bits per heavy atom. The second kappa shape index (κ2) is 3.87. The van der Waals surface area contributed by atoms with Crippen molar-refractivity contribution < 1.29 is 0 Å². The molecule has 0 spiro atoms. The van der Waals surface area contributed by atoms with Crippen LogP contribution in [0.4, 0.5) is 0 Å². The largest absolute Gasteiger partial charge is 0.264 e. The predicted octanol–water partition coefficient (Wildman–Crippen LogP) is 2.15. The van der Waals surface area contributed by atoms with Crippen molar-refractivity contribution in [2.24, 2.45) is 0 Å². The van der Waals surface area contributed by atoms with Gasteiger partial charge in [0.2, 0.25) is 0 Å². The Labute approximate surface area is 72.9 Å². The third kappa shape index (κ3) is 1.82. The summed E-state index contributed by atoms with van der Waals surface area (Å²) in [6, 6.07) is 2.15. The fourth-order valence-corrected chi connectivity index (χ4v) is 1.30. The zero-order valence-electron chi connectivity index (χ0n) is 7.46. The second-order valence-corrected chi connectivity index (χ2v) is 2.91. The Hall–Kier alpha value is -1.36. The van der Waals surface area contributed by atoms with Gasteiger partial charge < -0.3 is 0 Å². The Kier molecular flexibility index (Phi) is 2.82. The molecule has 0 aliphatic rings. The van der Waals surface area contributed by atoms with Gasteiger partial charge in [-0.3, -0.25) is 4.98 Å². The molecule has 0 bridgehead atoms. The quantitative estimate of drug-likeness (QED) is 0.664. The van der Waals surface area contributed by atoms with Crippen molar-refractivity contribution in [3.8, 4) is 6.07 Å². The fourth-order valence-electron chi connectivity index (χ4n) is 1.30. The van der Waals surface area contributed by atoms with Gasteiger partial charge in [0, 0.05) is 18.8 Å². The topological polar surface area (TPSA) is 36.7 Å². The maximum absolute atomic E-state index is 8.44. The van der Waals surface area contributed by atoms with Crippen LogP contribution >= 0.6 is 0 Å². The molecule has 2 heteroatoms. The lowest BCUT2D eigenvalue weighted by Crippen LogP contribution is -1.94. The molecule has 0 saturated heterocycles. The summed E-state index contributed by atoms with van der Waals surface area (Å²) in [5.74, 6) is 0. The molecule has 0 amide bonds. The summed E-state index contributed by atoms with van der Waals surface area (Å²) in [6.07, 6.45) is 5.13. The molecule has 62 valence electrons. The Morgan fingerprint density at radius 1 is 1.33 bits per heavy atom. The van der Waals surface area contributed by atoms with E-state index in [9.17, 15) is 0 Å². The van der Waals surface area contributed by atoms with E-state index in [1.807, 2.05) is 26.2 Å². The van der Waals surface area contributed by atoms with Crippen LogP contribution in [-0.2, 0) is 6.42 Å². The average Bonchev–Trinajstić information content (AvgIpc) is 2.04. The van der Waals surface area contributed by atoms with Crippen LogP contribution in [0.25, 0.3) is 0 Å². The van der Waals surface area contributed by atoms with Crippen LogP contribution in [0.2, 0.25) is 0 Å². The van der Waals surface area contributed by atoms with Gasteiger partial charge in [-0.25, -0.2) is 0 Å². The molecule has 1 rings (SSSR count). The molecule has 0 aliphatic carbocycles. The van der Waals surface area contributed by atoms with Gasteiger partial charge in [-0.15, -0.1) is 0 Å². The molecule has 1 heterocycles. The lowest BCUT2D eigenvalue weighted by atomic mass is 10.0. The van der Waals surface area contributed by atoms with Crippen molar-refractivity contribution in [3.05, 3.63) is 29.1 Å². The molecule has 0 aliphatic heterocycles. The first kappa shape index (κ1) is 8.73. The van der Waals surface area contributed by atoms with E-state index in [-0.39, 0.29) is 0 Å². The molecule has 0 radical (unpaired) electrons. The van der Waals surface area contributed by atoms with E-state index in [0.29, 0.717) is 6.42 Å². The van der Waals surface area contributed by atoms with Gasteiger partial charge in [0.15, 0.2) is 0 Å². The van der Waals surface area contributed by atoms with Crippen molar-refractivity contribution >= 4 is 0 Å². The van der Waals surface area contributed by atoms with E-state index in [4.69, 9.17) is 5.26 Å². The van der Waals surface area contributed by atoms with Crippen molar-refractivity contribution in [2.45, 2.75) is 26.7 Å². The molecule has 0 N–H and O–H groups in total. The van der Waals surface area contributed by atoms with Crippen LogP contribution in [0.1, 0.15) is 23.1 Å². The maximum Gasteiger partial charge on any atom is 0.0625 e. The number of nitrogens with zero attached hydrogens (tertiary/aromatic N) is 2. The molecule has 12 heavy (non-hydrogen) atoms. The summed E-state index contributed by atoms with van der Waals surface area (Å²) < 4.78 is 0. The molecular weight excluding hydrogens is 148 g/mol. The highest BCUT2D eigenvalue weighted by atomic mass is 14.6. The number of aryl methyl sites for hydroxylation is 2. The fraction of sp³-hybridized carbons (Fsp3) is 0.400. The Bertz CT molecular complexity index is 290. The summed E-state index contributed by atoms with van der Waals surface area (Å²) in [6.45, 7) is 4.07. The molecule has 2 nitrogen and oxygen atoms in total. The molecule has 0 saturated carbocycles. The van der Waals surface area contributed by atoms with Crippen LogP contribution in [0, 0.1) is 25.2 Å². The van der Waals surface area contributed by atoms with Crippen LogP contribution < -0.4 is 0 Å². The smallest absolute Gasteiger partial charge is 0.0625 e. The molecule has 0 atom stereocenters. The monoisotopic (exact) mass is 160 g/mol. The van der Waals surface area contributed by atoms with Crippen LogP contribution in [0.5, 0.6) is 0 Å². The van der Waals surface area contributed by atoms with E-state index < -0.39 is 0 Å². The number of aromatic nitrogens is 1. The van der Waals surface area contributed by atoms with Crippen LogP contribution in [-0.4, -0.2) is 4.98 Å². The first-order chi connectivity index (χ1) is 5.75. The third-order valence-electron chi connectivity index (χ3n) is 1.98. The van der Waals surface area contributed by atoms with Gasteiger partial charge in [0.1, 0.15) is 0 Å².